The number of nitrogens with one attached hydrogen (secondary N) is 1. The van der Waals surface area contributed by atoms with E-state index >= 15 is 0 Å². The van der Waals surface area contributed by atoms with E-state index in [0.717, 1.165) is 5.52 Å². The Hall–Kier alpha value is -2.69. The largest absolute Gasteiger partial charge is 0.476 e. The molecule has 0 radical (unpaired) electrons. The standard InChI is InChI=1S/C19H19N3O2/c1-11-3-4-13-14(8-12-9-20-10-16(21-12)18(23)24)17(19(2)5-6-19)22-15(13)7-11/h3-4,7,9-10,22H,5-6,8H2,1-2H3,(H,23,24). The van der Waals surface area contributed by atoms with Crippen LogP contribution >= 0.6 is 0 Å². The van der Waals surface area contributed by atoms with Gasteiger partial charge in [-0.3, -0.25) is 4.98 Å². The molecule has 122 valence electrons. The number of hydrogen-bond acceptors (Lipinski definition) is 3. The van der Waals surface area contributed by atoms with Gasteiger partial charge in [-0.2, -0.15) is 0 Å². The van der Waals surface area contributed by atoms with E-state index in [2.05, 4.69) is 47.0 Å². The maximum absolute atomic E-state index is 11.1. The van der Waals surface area contributed by atoms with Crippen molar-refractivity contribution in [2.45, 2.75) is 38.5 Å². The summed E-state index contributed by atoms with van der Waals surface area (Å²) < 4.78 is 0. The lowest BCUT2D eigenvalue weighted by Gasteiger charge is -2.10. The third kappa shape index (κ3) is 2.46. The van der Waals surface area contributed by atoms with Crippen molar-refractivity contribution in [2.75, 3.05) is 0 Å². The molecule has 5 heteroatoms. The van der Waals surface area contributed by atoms with Crippen molar-refractivity contribution in [3.8, 4) is 0 Å². The fourth-order valence-corrected chi connectivity index (χ4v) is 3.28. The van der Waals surface area contributed by atoms with E-state index in [-0.39, 0.29) is 11.1 Å². The summed E-state index contributed by atoms with van der Waals surface area (Å²) in [6, 6.07) is 6.41. The Labute approximate surface area is 139 Å². The molecule has 0 aliphatic heterocycles. The summed E-state index contributed by atoms with van der Waals surface area (Å²) >= 11 is 0. The molecule has 0 saturated heterocycles. The summed E-state index contributed by atoms with van der Waals surface area (Å²) in [5.41, 5.74) is 5.68. The zero-order valence-corrected chi connectivity index (χ0v) is 13.8. The Morgan fingerprint density at radius 1 is 1.33 bits per heavy atom. The van der Waals surface area contributed by atoms with Crippen molar-refractivity contribution in [1.29, 1.82) is 0 Å². The highest BCUT2D eigenvalue weighted by Crippen LogP contribution is 2.49. The third-order valence-electron chi connectivity index (χ3n) is 4.93. The Bertz CT molecular complexity index is 954. The van der Waals surface area contributed by atoms with Crippen LogP contribution in [-0.4, -0.2) is 26.0 Å². The molecule has 1 aliphatic carbocycles. The predicted octanol–water partition coefficient (Wildman–Crippen LogP) is 3.61. The number of aromatic amines is 1. The van der Waals surface area contributed by atoms with Gasteiger partial charge in [-0.1, -0.05) is 19.1 Å². The highest BCUT2D eigenvalue weighted by atomic mass is 16.4. The van der Waals surface area contributed by atoms with Gasteiger partial charge in [0.2, 0.25) is 0 Å². The maximum Gasteiger partial charge on any atom is 0.356 e. The monoisotopic (exact) mass is 321 g/mol. The average Bonchev–Trinajstić information content (AvgIpc) is 3.20. The lowest BCUT2D eigenvalue weighted by molar-refractivity contribution is 0.0689. The van der Waals surface area contributed by atoms with Crippen molar-refractivity contribution in [2.24, 2.45) is 0 Å². The number of hydrogen-bond donors (Lipinski definition) is 2. The number of carboxylic acids is 1. The van der Waals surface area contributed by atoms with Gasteiger partial charge in [-0.05, 0) is 37.0 Å². The molecule has 2 aromatic heterocycles. The van der Waals surface area contributed by atoms with E-state index in [1.165, 1.54) is 41.2 Å². The number of benzene rings is 1. The zero-order chi connectivity index (χ0) is 16.9. The van der Waals surface area contributed by atoms with Crippen LogP contribution in [0.15, 0.2) is 30.6 Å². The van der Waals surface area contributed by atoms with Crippen LogP contribution in [0.5, 0.6) is 0 Å². The van der Waals surface area contributed by atoms with Gasteiger partial charge < -0.3 is 10.1 Å². The molecule has 5 nitrogen and oxygen atoms in total. The Kier molecular flexibility index (Phi) is 3.20. The first-order valence-electron chi connectivity index (χ1n) is 8.12. The average molecular weight is 321 g/mol. The molecule has 1 saturated carbocycles. The first-order valence-corrected chi connectivity index (χ1v) is 8.12. The lowest BCUT2D eigenvalue weighted by Crippen LogP contribution is -2.08. The number of nitrogens with zero attached hydrogens (tertiary/aromatic N) is 2. The second-order valence-corrected chi connectivity index (χ2v) is 6.97. The summed E-state index contributed by atoms with van der Waals surface area (Å²) in [4.78, 5) is 23.0. The fourth-order valence-electron chi connectivity index (χ4n) is 3.28. The van der Waals surface area contributed by atoms with E-state index < -0.39 is 5.97 Å². The second kappa shape index (κ2) is 5.16. The van der Waals surface area contributed by atoms with Crippen LogP contribution in [0, 0.1) is 6.92 Å². The van der Waals surface area contributed by atoms with Crippen molar-refractivity contribution >= 4 is 16.9 Å². The first kappa shape index (κ1) is 14.9. The third-order valence-corrected chi connectivity index (χ3v) is 4.93. The number of fused-ring (bicyclic) bond motifs is 1. The summed E-state index contributed by atoms with van der Waals surface area (Å²) in [5.74, 6) is -1.05. The Morgan fingerprint density at radius 2 is 2.12 bits per heavy atom. The highest BCUT2D eigenvalue weighted by Gasteiger charge is 2.42. The minimum absolute atomic E-state index is 0.0117. The van der Waals surface area contributed by atoms with Crippen molar-refractivity contribution < 1.29 is 9.90 Å². The summed E-state index contributed by atoms with van der Waals surface area (Å²) in [7, 11) is 0. The van der Waals surface area contributed by atoms with Gasteiger partial charge in [0.05, 0.1) is 11.9 Å². The van der Waals surface area contributed by atoms with Crippen LogP contribution in [0.2, 0.25) is 0 Å². The minimum Gasteiger partial charge on any atom is -0.476 e. The number of rotatable bonds is 4. The molecular weight excluding hydrogens is 302 g/mol. The van der Waals surface area contributed by atoms with Crippen LogP contribution in [0.3, 0.4) is 0 Å². The van der Waals surface area contributed by atoms with Crippen molar-refractivity contribution in [3.63, 3.8) is 0 Å². The van der Waals surface area contributed by atoms with Gasteiger partial charge in [-0.15, -0.1) is 0 Å². The molecule has 0 spiro atoms. The number of aromatic carboxylic acids is 1. The maximum atomic E-state index is 11.1. The molecule has 2 N–H and O–H groups in total. The number of aromatic nitrogens is 3. The van der Waals surface area contributed by atoms with Crippen LogP contribution < -0.4 is 0 Å². The molecule has 3 aromatic rings. The fraction of sp³-hybridized carbons (Fsp3) is 0.316. The van der Waals surface area contributed by atoms with E-state index in [1.807, 2.05) is 0 Å². The van der Waals surface area contributed by atoms with Gasteiger partial charge in [0.15, 0.2) is 5.69 Å². The van der Waals surface area contributed by atoms with Gasteiger partial charge in [0.1, 0.15) is 0 Å². The van der Waals surface area contributed by atoms with E-state index in [4.69, 9.17) is 5.11 Å². The van der Waals surface area contributed by atoms with Gasteiger partial charge in [0.25, 0.3) is 0 Å². The molecular formula is C19H19N3O2. The molecule has 1 aliphatic rings. The van der Waals surface area contributed by atoms with Crippen molar-refractivity contribution in [3.05, 3.63) is 58.8 Å². The lowest BCUT2D eigenvalue weighted by atomic mass is 9.96. The number of carbonyl (C=O) groups is 1. The Balaban J connectivity index is 1.83. The molecule has 1 aromatic carbocycles. The molecule has 2 heterocycles. The summed E-state index contributed by atoms with van der Waals surface area (Å²) in [6.45, 7) is 4.35. The zero-order valence-electron chi connectivity index (χ0n) is 13.8. The normalized spacial score (nSPS) is 15.6. The Morgan fingerprint density at radius 3 is 2.83 bits per heavy atom. The van der Waals surface area contributed by atoms with E-state index in [1.54, 1.807) is 6.20 Å². The molecule has 4 rings (SSSR count). The van der Waals surface area contributed by atoms with E-state index in [9.17, 15) is 4.79 Å². The number of aryl methyl sites for hydroxylation is 1. The summed E-state index contributed by atoms with van der Waals surface area (Å²) in [6.07, 6.45) is 5.87. The number of H-pyrrole nitrogens is 1. The minimum atomic E-state index is -1.05. The van der Waals surface area contributed by atoms with Crippen LogP contribution in [0.4, 0.5) is 0 Å². The van der Waals surface area contributed by atoms with Crippen molar-refractivity contribution in [1.82, 2.24) is 15.0 Å². The topological polar surface area (TPSA) is 78.9 Å². The van der Waals surface area contributed by atoms with Crippen LogP contribution in [0.25, 0.3) is 10.9 Å². The van der Waals surface area contributed by atoms with Crippen LogP contribution in [0.1, 0.15) is 52.8 Å². The smallest absolute Gasteiger partial charge is 0.356 e. The molecule has 0 amide bonds. The first-order chi connectivity index (χ1) is 11.5. The predicted molar refractivity (Wildman–Crippen MR) is 91.4 cm³/mol. The second-order valence-electron chi connectivity index (χ2n) is 6.97. The van der Waals surface area contributed by atoms with Crippen LogP contribution in [-0.2, 0) is 11.8 Å². The highest BCUT2D eigenvalue weighted by molar-refractivity contribution is 5.87. The van der Waals surface area contributed by atoms with E-state index in [0.29, 0.717) is 12.1 Å². The van der Waals surface area contributed by atoms with Gasteiger partial charge in [0, 0.05) is 34.6 Å². The molecule has 0 bridgehead atoms. The quantitative estimate of drug-likeness (QED) is 0.769. The molecule has 0 atom stereocenters. The number of carboxylic acid groups (broad SMARTS) is 1. The molecule has 1 fully saturated rings. The SMILES string of the molecule is Cc1ccc2c(Cc3cncc(C(=O)O)n3)c(C3(C)CC3)[nH]c2c1. The van der Waals surface area contributed by atoms with Gasteiger partial charge >= 0.3 is 5.97 Å². The molecule has 24 heavy (non-hydrogen) atoms. The molecule has 0 unspecified atom stereocenters. The van der Waals surface area contributed by atoms with Gasteiger partial charge in [-0.25, -0.2) is 9.78 Å². The summed E-state index contributed by atoms with van der Waals surface area (Å²) in [5, 5.41) is 10.3.